The number of carbonyl (C=O) groups is 1. The summed E-state index contributed by atoms with van der Waals surface area (Å²) < 4.78 is 41.3. The van der Waals surface area contributed by atoms with E-state index in [1.54, 1.807) is 0 Å². The van der Waals surface area contributed by atoms with Crippen LogP contribution in [-0.2, 0) is 4.79 Å². The second-order valence-electron chi connectivity index (χ2n) is 4.91. The Morgan fingerprint density at radius 1 is 1.43 bits per heavy atom. The van der Waals surface area contributed by atoms with Crippen molar-refractivity contribution in [3.8, 4) is 5.75 Å². The average Bonchev–Trinajstić information content (AvgIpc) is 2.29. The number of alkyl halides is 3. The number of amides is 1. The number of carbonyl (C=O) groups excluding carboxylic acids is 1. The summed E-state index contributed by atoms with van der Waals surface area (Å²) >= 11 is 3.05. The van der Waals surface area contributed by atoms with Gasteiger partial charge in [-0.1, -0.05) is 29.8 Å². The van der Waals surface area contributed by atoms with Gasteiger partial charge in [0.25, 0.3) is 0 Å². The molecule has 0 heterocycles. The Morgan fingerprint density at radius 2 is 2.05 bits per heavy atom. The molecule has 3 N–H and O–H groups in total. The number of rotatable bonds is 5. The third kappa shape index (κ3) is 6.34. The van der Waals surface area contributed by atoms with Crippen molar-refractivity contribution in [2.75, 3.05) is 5.32 Å². The van der Waals surface area contributed by atoms with E-state index < -0.39 is 24.1 Å². The van der Waals surface area contributed by atoms with E-state index in [-0.39, 0.29) is 11.6 Å². The summed E-state index contributed by atoms with van der Waals surface area (Å²) in [5.41, 5.74) is 5.61. The van der Waals surface area contributed by atoms with Crippen LogP contribution in [0.3, 0.4) is 0 Å². The lowest BCUT2D eigenvalue weighted by atomic mass is 10.0. The minimum absolute atomic E-state index is 0.0836. The first-order chi connectivity index (χ1) is 9.58. The topological polar surface area (TPSA) is 64.4 Å². The Kier molecular flexibility index (Phi) is 6.03. The van der Waals surface area contributed by atoms with Crippen molar-refractivity contribution in [3.05, 3.63) is 22.7 Å². The number of halogens is 4. The number of nitrogens with one attached hydrogen (secondary N) is 1. The van der Waals surface area contributed by atoms with Gasteiger partial charge in [0.05, 0.1) is 11.7 Å². The lowest BCUT2D eigenvalue weighted by molar-refractivity contribution is -0.274. The zero-order valence-corrected chi connectivity index (χ0v) is 13.1. The molecular formula is C13H16BrF3N2O2. The fraction of sp³-hybridized carbons (Fsp3) is 0.462. The van der Waals surface area contributed by atoms with Crippen LogP contribution in [0.25, 0.3) is 0 Å². The Labute approximate surface area is 129 Å². The lowest BCUT2D eigenvalue weighted by Gasteiger charge is -2.17. The third-order valence-corrected chi connectivity index (χ3v) is 2.98. The summed E-state index contributed by atoms with van der Waals surface area (Å²) in [5.74, 6) is -0.860. The molecule has 0 fully saturated rings. The van der Waals surface area contributed by atoms with Crippen LogP contribution in [0.5, 0.6) is 5.75 Å². The molecule has 1 aromatic rings. The maximum atomic E-state index is 12.3. The van der Waals surface area contributed by atoms with Crippen LogP contribution in [0.15, 0.2) is 22.7 Å². The van der Waals surface area contributed by atoms with Gasteiger partial charge in [0.2, 0.25) is 5.91 Å². The molecule has 0 aromatic heterocycles. The van der Waals surface area contributed by atoms with E-state index in [4.69, 9.17) is 5.73 Å². The van der Waals surface area contributed by atoms with Gasteiger partial charge >= 0.3 is 6.36 Å². The zero-order valence-electron chi connectivity index (χ0n) is 11.5. The van der Waals surface area contributed by atoms with Gasteiger partial charge < -0.3 is 15.8 Å². The van der Waals surface area contributed by atoms with Crippen LogP contribution in [-0.4, -0.2) is 18.3 Å². The lowest BCUT2D eigenvalue weighted by Crippen LogP contribution is -2.36. The SMILES string of the molecule is CC(C)C[C@@H](N)C(=O)Nc1ccc(Br)cc1OC(F)(F)F. The Hall–Kier alpha value is -1.28. The molecule has 0 unspecified atom stereocenters. The van der Waals surface area contributed by atoms with Gasteiger partial charge in [0, 0.05) is 4.47 Å². The molecule has 1 atom stereocenters. The standard InChI is InChI=1S/C13H16BrF3N2O2/c1-7(2)5-9(18)12(20)19-10-4-3-8(14)6-11(10)21-13(15,16)17/h3-4,6-7,9H,5,18H2,1-2H3,(H,19,20)/t9-/m1/s1. The summed E-state index contributed by atoms with van der Waals surface area (Å²) in [6.07, 6.45) is -4.42. The van der Waals surface area contributed by atoms with Gasteiger partial charge in [-0.15, -0.1) is 13.2 Å². The average molecular weight is 369 g/mol. The van der Waals surface area contributed by atoms with Gasteiger partial charge in [-0.25, -0.2) is 0 Å². The molecular weight excluding hydrogens is 353 g/mol. The van der Waals surface area contributed by atoms with Gasteiger partial charge in [0.15, 0.2) is 5.75 Å². The fourth-order valence-corrected chi connectivity index (χ4v) is 1.99. The molecule has 0 saturated carbocycles. The quantitative estimate of drug-likeness (QED) is 0.833. The number of benzene rings is 1. The first-order valence-electron chi connectivity index (χ1n) is 6.20. The van der Waals surface area contributed by atoms with Crippen molar-refractivity contribution in [1.29, 1.82) is 0 Å². The summed E-state index contributed by atoms with van der Waals surface area (Å²) in [7, 11) is 0. The van der Waals surface area contributed by atoms with Crippen LogP contribution in [0.2, 0.25) is 0 Å². The Morgan fingerprint density at radius 3 is 2.57 bits per heavy atom. The molecule has 0 spiro atoms. The Bertz CT molecular complexity index is 507. The van der Waals surface area contributed by atoms with Crippen molar-refractivity contribution in [2.24, 2.45) is 11.7 Å². The molecule has 0 aliphatic carbocycles. The molecule has 8 heteroatoms. The van der Waals surface area contributed by atoms with Crippen LogP contribution in [0, 0.1) is 5.92 Å². The van der Waals surface area contributed by atoms with E-state index in [9.17, 15) is 18.0 Å². The largest absolute Gasteiger partial charge is 0.573 e. The van der Waals surface area contributed by atoms with E-state index in [2.05, 4.69) is 26.0 Å². The molecule has 0 saturated heterocycles. The second-order valence-corrected chi connectivity index (χ2v) is 5.83. The third-order valence-electron chi connectivity index (χ3n) is 2.49. The van der Waals surface area contributed by atoms with E-state index in [0.29, 0.717) is 10.9 Å². The molecule has 4 nitrogen and oxygen atoms in total. The number of anilines is 1. The molecule has 1 aromatic carbocycles. The highest BCUT2D eigenvalue weighted by molar-refractivity contribution is 9.10. The van der Waals surface area contributed by atoms with Crippen LogP contribution in [0.4, 0.5) is 18.9 Å². The minimum Gasteiger partial charge on any atom is -0.404 e. The highest BCUT2D eigenvalue weighted by Crippen LogP contribution is 2.33. The Balaban J connectivity index is 2.90. The van der Waals surface area contributed by atoms with Gasteiger partial charge in [-0.3, -0.25) is 4.79 Å². The van der Waals surface area contributed by atoms with Crippen LogP contribution in [0.1, 0.15) is 20.3 Å². The number of nitrogens with two attached hydrogens (primary N) is 1. The summed E-state index contributed by atoms with van der Waals surface area (Å²) in [6, 6.07) is 3.13. The molecule has 21 heavy (non-hydrogen) atoms. The first kappa shape index (κ1) is 17.8. The molecule has 118 valence electrons. The summed E-state index contributed by atoms with van der Waals surface area (Å²) in [6.45, 7) is 3.79. The van der Waals surface area contributed by atoms with Crippen LogP contribution >= 0.6 is 15.9 Å². The summed E-state index contributed by atoms with van der Waals surface area (Å²) in [4.78, 5) is 11.9. The van der Waals surface area contributed by atoms with Crippen molar-refractivity contribution in [1.82, 2.24) is 0 Å². The summed E-state index contributed by atoms with van der Waals surface area (Å²) in [5, 5.41) is 2.36. The highest BCUT2D eigenvalue weighted by Gasteiger charge is 2.32. The normalized spacial score (nSPS) is 13.1. The van der Waals surface area contributed by atoms with Crippen molar-refractivity contribution < 1.29 is 22.7 Å². The van der Waals surface area contributed by atoms with E-state index >= 15 is 0 Å². The van der Waals surface area contributed by atoms with Gasteiger partial charge in [-0.2, -0.15) is 0 Å². The smallest absolute Gasteiger partial charge is 0.404 e. The van der Waals surface area contributed by atoms with E-state index in [1.165, 1.54) is 12.1 Å². The van der Waals surface area contributed by atoms with Crippen LogP contribution < -0.4 is 15.8 Å². The molecule has 0 aliphatic heterocycles. The molecule has 1 rings (SSSR count). The van der Waals surface area contributed by atoms with Crippen molar-refractivity contribution in [3.63, 3.8) is 0 Å². The van der Waals surface area contributed by atoms with Gasteiger partial charge in [0.1, 0.15) is 0 Å². The predicted octanol–water partition coefficient (Wildman–Crippen LogP) is 3.66. The predicted molar refractivity (Wildman–Crippen MR) is 76.9 cm³/mol. The molecule has 0 aliphatic rings. The molecule has 0 bridgehead atoms. The first-order valence-corrected chi connectivity index (χ1v) is 6.99. The number of hydrogen-bond donors (Lipinski definition) is 2. The van der Waals surface area contributed by atoms with Crippen molar-refractivity contribution >= 4 is 27.5 Å². The van der Waals surface area contributed by atoms with Crippen molar-refractivity contribution in [2.45, 2.75) is 32.7 Å². The second kappa shape index (κ2) is 7.13. The maximum Gasteiger partial charge on any atom is 0.573 e. The highest BCUT2D eigenvalue weighted by atomic mass is 79.9. The molecule has 0 radical (unpaired) electrons. The monoisotopic (exact) mass is 368 g/mol. The minimum atomic E-state index is -4.85. The molecule has 1 amide bonds. The number of hydrogen-bond acceptors (Lipinski definition) is 3. The zero-order chi connectivity index (χ0) is 16.2. The van der Waals surface area contributed by atoms with E-state index in [1.807, 2.05) is 13.8 Å². The number of ether oxygens (including phenoxy) is 1. The van der Waals surface area contributed by atoms with Gasteiger partial charge in [-0.05, 0) is 30.5 Å². The van der Waals surface area contributed by atoms with E-state index in [0.717, 1.165) is 6.07 Å². The maximum absolute atomic E-state index is 12.3. The fourth-order valence-electron chi connectivity index (χ4n) is 1.65.